The van der Waals surface area contributed by atoms with Crippen LogP contribution in [0.1, 0.15) is 40.5 Å². The summed E-state index contributed by atoms with van der Waals surface area (Å²) in [5.74, 6) is -1.67. The van der Waals surface area contributed by atoms with Crippen molar-refractivity contribution in [2.45, 2.75) is 25.8 Å². The standard InChI is InChI=1S/C17H19BrN2O5/c1-4-13(17(24)25-3)19(2)14(21)7-8-20-15(22)11-6-5-10(18)9-12(11)16(20)23/h5-6,9,13H,4,7-8H2,1-3H3. The minimum absolute atomic E-state index is 0.0370. The zero-order valence-corrected chi connectivity index (χ0v) is 15.8. The number of carbonyl (C=O) groups is 4. The van der Waals surface area contributed by atoms with E-state index in [1.54, 1.807) is 25.1 Å². The van der Waals surface area contributed by atoms with Crippen LogP contribution in [0.25, 0.3) is 0 Å². The van der Waals surface area contributed by atoms with E-state index in [9.17, 15) is 19.2 Å². The Morgan fingerprint density at radius 3 is 2.48 bits per heavy atom. The van der Waals surface area contributed by atoms with Crippen molar-refractivity contribution in [2.75, 3.05) is 20.7 Å². The van der Waals surface area contributed by atoms with E-state index in [4.69, 9.17) is 0 Å². The first-order valence-corrected chi connectivity index (χ1v) is 8.60. The largest absolute Gasteiger partial charge is 0.467 e. The first kappa shape index (κ1) is 19.1. The Hall–Kier alpha value is -2.22. The van der Waals surface area contributed by atoms with Gasteiger partial charge in [-0.05, 0) is 24.6 Å². The number of imide groups is 1. The van der Waals surface area contributed by atoms with Gasteiger partial charge in [0.15, 0.2) is 0 Å². The monoisotopic (exact) mass is 410 g/mol. The Balaban J connectivity index is 2.04. The number of carbonyl (C=O) groups excluding carboxylic acids is 4. The predicted molar refractivity (Wildman–Crippen MR) is 93.0 cm³/mol. The molecule has 0 bridgehead atoms. The van der Waals surface area contributed by atoms with Gasteiger partial charge in [0.1, 0.15) is 6.04 Å². The van der Waals surface area contributed by atoms with Gasteiger partial charge in [-0.2, -0.15) is 0 Å². The first-order valence-electron chi connectivity index (χ1n) is 7.81. The summed E-state index contributed by atoms with van der Waals surface area (Å²) in [6.07, 6.45) is 0.354. The summed E-state index contributed by atoms with van der Waals surface area (Å²) >= 11 is 3.27. The number of hydrogen-bond acceptors (Lipinski definition) is 5. The van der Waals surface area contributed by atoms with Crippen molar-refractivity contribution >= 4 is 39.6 Å². The van der Waals surface area contributed by atoms with Gasteiger partial charge in [-0.3, -0.25) is 19.3 Å². The molecule has 1 heterocycles. The number of rotatable bonds is 6. The Morgan fingerprint density at radius 2 is 1.88 bits per heavy atom. The number of ether oxygens (including phenoxy) is 1. The van der Waals surface area contributed by atoms with Gasteiger partial charge in [-0.15, -0.1) is 0 Å². The quantitative estimate of drug-likeness (QED) is 0.527. The molecule has 0 aromatic heterocycles. The molecule has 0 saturated carbocycles. The van der Waals surface area contributed by atoms with Crippen molar-refractivity contribution < 1.29 is 23.9 Å². The first-order chi connectivity index (χ1) is 11.8. The summed E-state index contributed by atoms with van der Waals surface area (Å²) in [6.45, 7) is 1.73. The van der Waals surface area contributed by atoms with Crippen LogP contribution in [-0.2, 0) is 14.3 Å². The molecule has 8 heteroatoms. The van der Waals surface area contributed by atoms with Crippen LogP contribution < -0.4 is 0 Å². The Kier molecular flexibility index (Phi) is 5.94. The second-order valence-electron chi connectivity index (χ2n) is 5.65. The van der Waals surface area contributed by atoms with Gasteiger partial charge in [0.2, 0.25) is 5.91 Å². The highest BCUT2D eigenvalue weighted by molar-refractivity contribution is 9.10. The average molecular weight is 411 g/mol. The molecule has 2 rings (SSSR count). The third-order valence-electron chi connectivity index (χ3n) is 4.20. The molecule has 1 aromatic rings. The van der Waals surface area contributed by atoms with Gasteiger partial charge in [-0.25, -0.2) is 4.79 Å². The second kappa shape index (κ2) is 7.77. The van der Waals surface area contributed by atoms with Crippen LogP contribution in [0.2, 0.25) is 0 Å². The molecule has 1 aromatic carbocycles. The zero-order valence-electron chi connectivity index (χ0n) is 14.2. The molecule has 0 radical (unpaired) electrons. The molecule has 1 aliphatic heterocycles. The molecule has 0 spiro atoms. The van der Waals surface area contributed by atoms with Gasteiger partial charge in [0.25, 0.3) is 11.8 Å². The molecule has 0 aliphatic carbocycles. The summed E-state index contributed by atoms with van der Waals surface area (Å²) in [5, 5.41) is 0. The van der Waals surface area contributed by atoms with E-state index in [0.717, 1.165) is 4.90 Å². The van der Waals surface area contributed by atoms with Crippen molar-refractivity contribution in [1.29, 1.82) is 0 Å². The van der Waals surface area contributed by atoms with Crippen LogP contribution >= 0.6 is 15.9 Å². The van der Waals surface area contributed by atoms with E-state index in [2.05, 4.69) is 20.7 Å². The third-order valence-corrected chi connectivity index (χ3v) is 4.70. The lowest BCUT2D eigenvalue weighted by Gasteiger charge is -2.25. The molecular formula is C17H19BrN2O5. The summed E-state index contributed by atoms with van der Waals surface area (Å²) in [6, 6.07) is 4.18. The highest BCUT2D eigenvalue weighted by Crippen LogP contribution is 2.26. The van der Waals surface area contributed by atoms with E-state index in [1.165, 1.54) is 19.1 Å². The summed E-state index contributed by atoms with van der Waals surface area (Å²) in [4.78, 5) is 51.1. The fraction of sp³-hybridized carbons (Fsp3) is 0.412. The molecule has 3 amide bonds. The molecule has 1 unspecified atom stereocenters. The number of nitrogens with zero attached hydrogens (tertiary/aromatic N) is 2. The van der Waals surface area contributed by atoms with Crippen LogP contribution in [0.4, 0.5) is 0 Å². The second-order valence-corrected chi connectivity index (χ2v) is 6.57. The van der Waals surface area contributed by atoms with Crippen LogP contribution in [0.5, 0.6) is 0 Å². The fourth-order valence-electron chi connectivity index (χ4n) is 2.76. The number of halogens is 1. The molecule has 0 saturated heterocycles. The van der Waals surface area contributed by atoms with E-state index in [1.807, 2.05) is 0 Å². The van der Waals surface area contributed by atoms with E-state index >= 15 is 0 Å². The van der Waals surface area contributed by atoms with Gasteiger partial charge < -0.3 is 9.64 Å². The topological polar surface area (TPSA) is 84.0 Å². The third kappa shape index (κ3) is 3.73. The van der Waals surface area contributed by atoms with E-state index in [0.29, 0.717) is 22.0 Å². The number of benzene rings is 1. The van der Waals surface area contributed by atoms with Gasteiger partial charge in [0, 0.05) is 24.5 Å². The van der Waals surface area contributed by atoms with Gasteiger partial charge in [-0.1, -0.05) is 22.9 Å². The van der Waals surface area contributed by atoms with Gasteiger partial charge in [0.05, 0.1) is 18.2 Å². The van der Waals surface area contributed by atoms with E-state index in [-0.39, 0.29) is 18.9 Å². The maximum absolute atomic E-state index is 12.4. The molecule has 25 heavy (non-hydrogen) atoms. The maximum atomic E-state index is 12.4. The minimum atomic E-state index is -0.685. The molecule has 0 N–H and O–H groups in total. The Labute approximate surface area is 154 Å². The number of amides is 3. The van der Waals surface area contributed by atoms with Crippen LogP contribution in [0.15, 0.2) is 22.7 Å². The highest BCUT2D eigenvalue weighted by Gasteiger charge is 2.36. The fourth-order valence-corrected chi connectivity index (χ4v) is 3.12. The zero-order chi connectivity index (χ0) is 18.7. The summed E-state index contributed by atoms with van der Waals surface area (Å²) < 4.78 is 5.39. The molecule has 1 aliphatic rings. The number of esters is 1. The normalized spacial score (nSPS) is 14.3. The van der Waals surface area contributed by atoms with Crippen LogP contribution in [0, 0.1) is 0 Å². The smallest absolute Gasteiger partial charge is 0.328 e. The Bertz CT molecular complexity index is 734. The van der Waals surface area contributed by atoms with Crippen molar-refractivity contribution in [3.8, 4) is 0 Å². The van der Waals surface area contributed by atoms with Crippen molar-refractivity contribution in [1.82, 2.24) is 9.80 Å². The highest BCUT2D eigenvalue weighted by atomic mass is 79.9. The summed E-state index contributed by atoms with van der Waals surface area (Å²) in [7, 11) is 2.77. The van der Waals surface area contributed by atoms with Crippen molar-refractivity contribution in [2.24, 2.45) is 0 Å². The van der Waals surface area contributed by atoms with Gasteiger partial charge >= 0.3 is 5.97 Å². The molecule has 7 nitrogen and oxygen atoms in total. The number of methoxy groups -OCH3 is 1. The van der Waals surface area contributed by atoms with Crippen LogP contribution in [0.3, 0.4) is 0 Å². The minimum Gasteiger partial charge on any atom is -0.467 e. The lowest BCUT2D eigenvalue weighted by atomic mass is 10.1. The predicted octanol–water partition coefficient (Wildman–Crippen LogP) is 1.85. The SMILES string of the molecule is CCC(C(=O)OC)N(C)C(=O)CCN1C(=O)c2ccc(Br)cc2C1=O. The lowest BCUT2D eigenvalue weighted by Crippen LogP contribution is -2.44. The maximum Gasteiger partial charge on any atom is 0.328 e. The van der Waals surface area contributed by atoms with Crippen molar-refractivity contribution in [3.05, 3.63) is 33.8 Å². The van der Waals surface area contributed by atoms with Crippen molar-refractivity contribution in [3.63, 3.8) is 0 Å². The summed E-state index contributed by atoms with van der Waals surface area (Å²) in [5.41, 5.74) is 0.649. The Morgan fingerprint density at radius 1 is 1.24 bits per heavy atom. The molecule has 0 fully saturated rings. The number of hydrogen-bond donors (Lipinski definition) is 0. The average Bonchev–Trinajstić information content (AvgIpc) is 2.83. The lowest BCUT2D eigenvalue weighted by molar-refractivity contribution is -0.151. The molecule has 1 atom stereocenters. The van der Waals surface area contributed by atoms with Crippen LogP contribution in [-0.4, -0.2) is 60.2 Å². The molecule has 134 valence electrons. The van der Waals surface area contributed by atoms with E-state index < -0.39 is 23.8 Å². The number of fused-ring (bicyclic) bond motifs is 1. The molecular weight excluding hydrogens is 392 g/mol. The number of likely N-dealkylation sites (N-methyl/N-ethyl adjacent to an activating group) is 1.